The van der Waals surface area contributed by atoms with Crippen LogP contribution in [0.15, 0.2) is 22.7 Å². The molecule has 1 aromatic carbocycles. The molecule has 2 amide bonds. The molecule has 2 bridgehead atoms. The van der Waals surface area contributed by atoms with Crippen molar-refractivity contribution in [3.05, 3.63) is 22.7 Å². The van der Waals surface area contributed by atoms with E-state index < -0.39 is 0 Å². The molecule has 6 heteroatoms. The smallest absolute Gasteiger partial charge is 0.322 e. The average Bonchev–Trinajstić information content (AvgIpc) is 3.05. The van der Waals surface area contributed by atoms with Crippen LogP contribution >= 0.6 is 15.9 Å². The minimum absolute atomic E-state index is 0.0134. The van der Waals surface area contributed by atoms with Crippen molar-refractivity contribution in [2.75, 3.05) is 24.6 Å². The number of anilines is 1. The summed E-state index contributed by atoms with van der Waals surface area (Å²) in [5.41, 5.74) is 0.995. The first kappa shape index (κ1) is 14.3. The van der Waals surface area contributed by atoms with Crippen LogP contribution in [0.3, 0.4) is 0 Å². The molecule has 1 saturated carbocycles. The van der Waals surface area contributed by atoms with Crippen LogP contribution in [0.25, 0.3) is 0 Å². The minimum atomic E-state index is -0.0563. The quantitative estimate of drug-likeness (QED) is 0.875. The van der Waals surface area contributed by atoms with Gasteiger partial charge in [0.2, 0.25) is 0 Å². The summed E-state index contributed by atoms with van der Waals surface area (Å²) in [6, 6.07) is 5.70. The normalized spacial score (nSPS) is 32.0. The summed E-state index contributed by atoms with van der Waals surface area (Å²) in [6.07, 6.45) is 2.57. The predicted molar refractivity (Wildman–Crippen MR) is 86.4 cm³/mol. The second kappa shape index (κ2) is 5.13. The number of halogens is 1. The number of nitrogens with zero attached hydrogens (tertiary/aromatic N) is 1. The fourth-order valence-corrected chi connectivity index (χ4v) is 3.94. The third kappa shape index (κ3) is 2.38. The van der Waals surface area contributed by atoms with Gasteiger partial charge < -0.3 is 14.8 Å². The fraction of sp³-hybridized carbons (Fsp3) is 0.562. The van der Waals surface area contributed by atoms with Crippen molar-refractivity contribution in [3.63, 3.8) is 0 Å². The maximum absolute atomic E-state index is 12.6. The number of urea groups is 1. The van der Waals surface area contributed by atoms with Gasteiger partial charge in [-0.3, -0.25) is 4.90 Å². The van der Waals surface area contributed by atoms with Crippen LogP contribution in [0, 0.1) is 5.41 Å². The number of hydrogen-bond donors (Lipinski definition) is 1. The molecule has 118 valence electrons. The zero-order valence-corrected chi connectivity index (χ0v) is 14.1. The molecule has 1 aliphatic carbocycles. The Bertz CT molecular complexity index is 610. The average molecular weight is 367 g/mol. The first-order valence-electron chi connectivity index (χ1n) is 7.68. The number of amides is 2. The number of fused-ring (bicyclic) bond motifs is 2. The Kier molecular flexibility index (Phi) is 3.34. The van der Waals surface area contributed by atoms with Crippen LogP contribution in [-0.4, -0.2) is 37.9 Å². The molecule has 2 saturated heterocycles. The summed E-state index contributed by atoms with van der Waals surface area (Å²) in [6.45, 7) is 4.00. The molecule has 0 aromatic heterocycles. The summed E-state index contributed by atoms with van der Waals surface area (Å²) < 4.78 is 12.4. The van der Waals surface area contributed by atoms with Gasteiger partial charge in [-0.25, -0.2) is 4.79 Å². The molecule has 4 aliphatic rings. The lowest BCUT2D eigenvalue weighted by molar-refractivity contribution is 0.111. The molecule has 3 fully saturated rings. The summed E-state index contributed by atoms with van der Waals surface area (Å²) in [7, 11) is 0. The predicted octanol–water partition coefficient (Wildman–Crippen LogP) is 2.93. The van der Waals surface area contributed by atoms with Gasteiger partial charge in [0.25, 0.3) is 0 Å². The first-order chi connectivity index (χ1) is 10.5. The van der Waals surface area contributed by atoms with Crippen LogP contribution in [0.2, 0.25) is 0 Å². The maximum atomic E-state index is 12.6. The minimum Gasteiger partial charge on any atom is -0.487 e. The second-order valence-corrected chi connectivity index (χ2v) is 7.57. The highest BCUT2D eigenvalue weighted by Gasteiger charge is 2.51. The standard InChI is InChI=1S/C16H19BrN2O3/c1-10-7-19(13-4-11(17)2-3-14(13)22-10)15(20)18-8-16-5-12(6-16)21-9-16/h2-4,10,12H,5-9H2,1H3,(H,18,20). The molecule has 0 spiro atoms. The van der Waals surface area contributed by atoms with E-state index in [0.717, 1.165) is 35.4 Å². The highest BCUT2D eigenvalue weighted by atomic mass is 79.9. The van der Waals surface area contributed by atoms with Gasteiger partial charge in [-0.05, 0) is 38.0 Å². The van der Waals surface area contributed by atoms with E-state index in [4.69, 9.17) is 9.47 Å². The molecule has 5 rings (SSSR count). The number of rotatable bonds is 2. The van der Waals surface area contributed by atoms with E-state index >= 15 is 0 Å². The number of carbonyl (C=O) groups is 1. The molecule has 22 heavy (non-hydrogen) atoms. The van der Waals surface area contributed by atoms with Crippen LogP contribution < -0.4 is 15.0 Å². The Balaban J connectivity index is 1.49. The lowest BCUT2D eigenvalue weighted by Crippen LogP contribution is -2.51. The molecule has 0 radical (unpaired) electrons. The van der Waals surface area contributed by atoms with Crippen molar-refractivity contribution in [3.8, 4) is 5.75 Å². The van der Waals surface area contributed by atoms with Crippen molar-refractivity contribution < 1.29 is 14.3 Å². The lowest BCUT2D eigenvalue weighted by atomic mass is 9.70. The Labute approximate surface area is 138 Å². The summed E-state index contributed by atoms with van der Waals surface area (Å²) >= 11 is 3.46. The molecule has 1 unspecified atom stereocenters. The van der Waals surface area contributed by atoms with Gasteiger partial charge in [-0.15, -0.1) is 0 Å². The van der Waals surface area contributed by atoms with Crippen LogP contribution in [-0.2, 0) is 4.74 Å². The van der Waals surface area contributed by atoms with Crippen LogP contribution in [0.5, 0.6) is 5.75 Å². The third-order valence-electron chi connectivity index (χ3n) is 4.79. The largest absolute Gasteiger partial charge is 0.487 e. The van der Waals surface area contributed by atoms with Gasteiger partial charge in [-0.2, -0.15) is 0 Å². The van der Waals surface area contributed by atoms with Crippen LogP contribution in [0.4, 0.5) is 10.5 Å². The Morgan fingerprint density at radius 1 is 1.50 bits per heavy atom. The number of nitrogens with one attached hydrogen (secondary N) is 1. The zero-order chi connectivity index (χ0) is 15.3. The number of benzene rings is 1. The molecule has 5 nitrogen and oxygen atoms in total. The van der Waals surface area contributed by atoms with E-state index in [2.05, 4.69) is 21.2 Å². The van der Waals surface area contributed by atoms with E-state index in [-0.39, 0.29) is 17.6 Å². The number of hydrogen-bond acceptors (Lipinski definition) is 3. The van der Waals surface area contributed by atoms with E-state index in [1.807, 2.05) is 25.1 Å². The Morgan fingerprint density at radius 3 is 3.05 bits per heavy atom. The monoisotopic (exact) mass is 366 g/mol. The summed E-state index contributed by atoms with van der Waals surface area (Å²) in [4.78, 5) is 14.4. The topological polar surface area (TPSA) is 50.8 Å². The summed E-state index contributed by atoms with van der Waals surface area (Å²) in [5.74, 6) is 0.753. The molecule has 1 N–H and O–H groups in total. The molecule has 3 aliphatic heterocycles. The van der Waals surface area contributed by atoms with Gasteiger partial charge >= 0.3 is 6.03 Å². The van der Waals surface area contributed by atoms with Crippen molar-refractivity contribution in [1.82, 2.24) is 5.32 Å². The molecular formula is C16H19BrN2O3. The number of carbonyl (C=O) groups excluding carboxylic acids is 1. The third-order valence-corrected chi connectivity index (χ3v) is 5.28. The second-order valence-electron chi connectivity index (χ2n) is 6.65. The molecule has 3 heterocycles. The molecule has 1 aromatic rings. The Hall–Kier alpha value is -1.27. The van der Waals surface area contributed by atoms with E-state index in [1.165, 1.54) is 0 Å². The number of ether oxygens (including phenoxy) is 2. The zero-order valence-electron chi connectivity index (χ0n) is 12.5. The van der Waals surface area contributed by atoms with E-state index in [0.29, 0.717) is 19.2 Å². The van der Waals surface area contributed by atoms with Gasteiger partial charge in [0, 0.05) is 16.4 Å². The van der Waals surface area contributed by atoms with Gasteiger partial charge in [0.1, 0.15) is 11.9 Å². The van der Waals surface area contributed by atoms with Gasteiger partial charge in [0.05, 0.1) is 24.9 Å². The highest BCUT2D eigenvalue weighted by Crippen LogP contribution is 2.49. The maximum Gasteiger partial charge on any atom is 0.322 e. The highest BCUT2D eigenvalue weighted by molar-refractivity contribution is 9.10. The molecular weight excluding hydrogens is 348 g/mol. The Morgan fingerprint density at radius 2 is 2.32 bits per heavy atom. The van der Waals surface area contributed by atoms with Gasteiger partial charge in [0.15, 0.2) is 0 Å². The van der Waals surface area contributed by atoms with Gasteiger partial charge in [-0.1, -0.05) is 15.9 Å². The molecule has 1 atom stereocenters. The van der Waals surface area contributed by atoms with E-state index in [9.17, 15) is 4.79 Å². The van der Waals surface area contributed by atoms with Crippen LogP contribution in [0.1, 0.15) is 19.8 Å². The summed E-state index contributed by atoms with van der Waals surface area (Å²) in [5, 5.41) is 3.09. The SMILES string of the molecule is CC1CN(C(=O)NCC23COC(C2)C3)c2cc(Br)ccc2O1. The van der Waals surface area contributed by atoms with Crippen molar-refractivity contribution >= 4 is 27.6 Å². The van der Waals surface area contributed by atoms with E-state index in [1.54, 1.807) is 4.90 Å². The first-order valence-corrected chi connectivity index (χ1v) is 8.47. The van der Waals surface area contributed by atoms with Crippen molar-refractivity contribution in [2.24, 2.45) is 5.41 Å². The fourth-order valence-electron chi connectivity index (χ4n) is 3.59. The van der Waals surface area contributed by atoms with Crippen molar-refractivity contribution in [1.29, 1.82) is 0 Å². The van der Waals surface area contributed by atoms with Crippen molar-refractivity contribution in [2.45, 2.75) is 32.0 Å². The lowest BCUT2D eigenvalue weighted by Gasteiger charge is -2.37.